The summed E-state index contributed by atoms with van der Waals surface area (Å²) in [6.45, 7) is 2.11. The lowest BCUT2D eigenvalue weighted by molar-refractivity contribution is -0.113. The van der Waals surface area contributed by atoms with Gasteiger partial charge in [0, 0.05) is 10.2 Å². The van der Waals surface area contributed by atoms with E-state index in [0.717, 1.165) is 22.3 Å². The van der Waals surface area contributed by atoms with Crippen LogP contribution in [-0.4, -0.2) is 31.9 Å². The van der Waals surface area contributed by atoms with Crippen molar-refractivity contribution >= 4 is 39.3 Å². The van der Waals surface area contributed by atoms with E-state index in [1.54, 1.807) is 4.68 Å². The number of thioether (sulfide) groups is 1. The third-order valence-electron chi connectivity index (χ3n) is 3.49. The maximum Gasteiger partial charge on any atom is 0.234 e. The zero-order valence-corrected chi connectivity index (χ0v) is 15.9. The van der Waals surface area contributed by atoms with Crippen LogP contribution in [0.3, 0.4) is 0 Å². The van der Waals surface area contributed by atoms with Crippen molar-refractivity contribution in [3.63, 3.8) is 0 Å². The van der Waals surface area contributed by atoms with Crippen molar-refractivity contribution in [3.05, 3.63) is 58.6 Å². The molecule has 0 aliphatic carbocycles. The zero-order valence-electron chi connectivity index (χ0n) is 13.5. The van der Waals surface area contributed by atoms with Gasteiger partial charge in [-0.25, -0.2) is 0 Å². The van der Waals surface area contributed by atoms with Crippen LogP contribution < -0.4 is 5.32 Å². The summed E-state index contributed by atoms with van der Waals surface area (Å²) >= 11 is 4.66. The number of halogens is 1. The Morgan fingerprint density at radius 1 is 1.16 bits per heavy atom. The molecule has 3 rings (SSSR count). The Hall–Kier alpha value is -2.19. The second-order valence-corrected chi connectivity index (χ2v) is 7.10. The van der Waals surface area contributed by atoms with Gasteiger partial charge < -0.3 is 5.32 Å². The van der Waals surface area contributed by atoms with Crippen molar-refractivity contribution < 1.29 is 4.79 Å². The average Bonchev–Trinajstić information content (AvgIpc) is 3.10. The molecule has 0 saturated carbocycles. The Labute approximate surface area is 158 Å². The number of hydrogen-bond donors (Lipinski definition) is 1. The summed E-state index contributed by atoms with van der Waals surface area (Å²) in [6, 6.07) is 15.5. The molecule has 6 nitrogen and oxygen atoms in total. The largest absolute Gasteiger partial charge is 0.325 e. The summed E-state index contributed by atoms with van der Waals surface area (Å²) in [7, 11) is 0. The second-order valence-electron chi connectivity index (χ2n) is 5.24. The number of benzene rings is 2. The first kappa shape index (κ1) is 17.6. The van der Waals surface area contributed by atoms with E-state index in [1.807, 2.05) is 48.5 Å². The van der Waals surface area contributed by atoms with Crippen LogP contribution in [0.25, 0.3) is 5.69 Å². The first-order chi connectivity index (χ1) is 12.2. The Morgan fingerprint density at radius 2 is 1.88 bits per heavy atom. The van der Waals surface area contributed by atoms with E-state index < -0.39 is 0 Å². The summed E-state index contributed by atoms with van der Waals surface area (Å²) in [5.74, 6) is 0.118. The highest BCUT2D eigenvalue weighted by Gasteiger charge is 2.11. The predicted molar refractivity (Wildman–Crippen MR) is 102 cm³/mol. The third-order valence-corrected chi connectivity index (χ3v) is 4.94. The topological polar surface area (TPSA) is 72.7 Å². The highest BCUT2D eigenvalue weighted by atomic mass is 79.9. The van der Waals surface area contributed by atoms with Crippen LogP contribution in [-0.2, 0) is 11.2 Å². The monoisotopic (exact) mass is 417 g/mol. The molecular weight excluding hydrogens is 402 g/mol. The molecule has 8 heteroatoms. The number of carbonyl (C=O) groups is 1. The summed E-state index contributed by atoms with van der Waals surface area (Å²) in [5, 5.41) is 15.2. The molecule has 0 unspecified atom stereocenters. The van der Waals surface area contributed by atoms with Crippen LogP contribution >= 0.6 is 27.7 Å². The van der Waals surface area contributed by atoms with Crippen molar-refractivity contribution in [2.24, 2.45) is 0 Å². The predicted octanol–water partition coefficient (Wildman–Crippen LogP) is 3.72. The van der Waals surface area contributed by atoms with Gasteiger partial charge in [0.15, 0.2) is 0 Å². The van der Waals surface area contributed by atoms with Crippen LogP contribution in [0.2, 0.25) is 0 Å². The SMILES string of the molecule is CCc1ccc(-n2nnnc2SCC(=O)Nc2ccc(Br)cc2)cc1. The van der Waals surface area contributed by atoms with E-state index in [1.165, 1.54) is 17.3 Å². The maximum absolute atomic E-state index is 12.1. The van der Waals surface area contributed by atoms with Crippen LogP contribution in [0.5, 0.6) is 0 Å². The lowest BCUT2D eigenvalue weighted by Crippen LogP contribution is -2.14. The van der Waals surface area contributed by atoms with Gasteiger partial charge in [-0.2, -0.15) is 4.68 Å². The molecule has 25 heavy (non-hydrogen) atoms. The molecule has 2 aromatic carbocycles. The molecular formula is C17H16BrN5OS. The molecule has 0 aliphatic heterocycles. The van der Waals surface area contributed by atoms with Crippen molar-refractivity contribution in [2.45, 2.75) is 18.5 Å². The summed E-state index contributed by atoms with van der Waals surface area (Å²) in [5.41, 5.74) is 2.88. The molecule has 0 aliphatic rings. The number of aryl methyl sites for hydroxylation is 1. The standard InChI is InChI=1S/C17H16BrN5OS/c1-2-12-3-9-15(10-4-12)23-17(20-21-22-23)25-11-16(24)19-14-7-5-13(18)6-8-14/h3-10H,2,11H2,1H3,(H,19,24). The molecule has 0 atom stereocenters. The molecule has 1 amide bonds. The van der Waals surface area contributed by atoms with E-state index >= 15 is 0 Å². The minimum atomic E-state index is -0.108. The third kappa shape index (κ3) is 4.67. The Kier molecular flexibility index (Phi) is 5.83. The van der Waals surface area contributed by atoms with E-state index in [9.17, 15) is 4.79 Å². The Morgan fingerprint density at radius 3 is 2.56 bits per heavy atom. The molecule has 1 N–H and O–H groups in total. The van der Waals surface area contributed by atoms with Crippen LogP contribution in [0, 0.1) is 0 Å². The number of amides is 1. The van der Waals surface area contributed by atoms with E-state index in [4.69, 9.17) is 0 Å². The van der Waals surface area contributed by atoms with E-state index in [0.29, 0.717) is 5.16 Å². The molecule has 1 heterocycles. The normalized spacial score (nSPS) is 10.6. The highest BCUT2D eigenvalue weighted by Crippen LogP contribution is 2.19. The number of hydrogen-bond acceptors (Lipinski definition) is 5. The van der Waals surface area contributed by atoms with Gasteiger partial charge in [0.05, 0.1) is 11.4 Å². The molecule has 1 aromatic heterocycles. The maximum atomic E-state index is 12.1. The van der Waals surface area contributed by atoms with E-state index in [2.05, 4.69) is 43.7 Å². The van der Waals surface area contributed by atoms with Crippen LogP contribution in [0.4, 0.5) is 5.69 Å². The van der Waals surface area contributed by atoms with Gasteiger partial charge in [0.2, 0.25) is 11.1 Å². The molecule has 3 aromatic rings. The summed E-state index contributed by atoms with van der Waals surface area (Å²) in [4.78, 5) is 12.1. The fraction of sp³-hybridized carbons (Fsp3) is 0.176. The first-order valence-electron chi connectivity index (χ1n) is 7.71. The summed E-state index contributed by atoms with van der Waals surface area (Å²) in [6.07, 6.45) is 0.980. The average molecular weight is 418 g/mol. The molecule has 0 radical (unpaired) electrons. The Bertz CT molecular complexity index is 848. The lowest BCUT2D eigenvalue weighted by Gasteiger charge is -2.06. The number of tetrazole rings is 1. The highest BCUT2D eigenvalue weighted by molar-refractivity contribution is 9.10. The number of carbonyl (C=O) groups excluding carboxylic acids is 1. The van der Waals surface area contributed by atoms with Gasteiger partial charge in [0.25, 0.3) is 0 Å². The smallest absolute Gasteiger partial charge is 0.234 e. The fourth-order valence-corrected chi connectivity index (χ4v) is 3.12. The van der Waals surface area contributed by atoms with Crippen molar-refractivity contribution in [1.82, 2.24) is 20.2 Å². The van der Waals surface area contributed by atoms with Crippen molar-refractivity contribution in [2.75, 3.05) is 11.1 Å². The fourth-order valence-electron chi connectivity index (χ4n) is 2.16. The molecule has 0 saturated heterocycles. The number of nitrogens with one attached hydrogen (secondary N) is 1. The number of rotatable bonds is 6. The summed E-state index contributed by atoms with van der Waals surface area (Å²) < 4.78 is 2.60. The van der Waals surface area contributed by atoms with Gasteiger partial charge >= 0.3 is 0 Å². The van der Waals surface area contributed by atoms with Gasteiger partial charge in [-0.3, -0.25) is 4.79 Å². The number of anilines is 1. The Balaban J connectivity index is 1.62. The van der Waals surface area contributed by atoms with Crippen LogP contribution in [0.15, 0.2) is 58.2 Å². The minimum absolute atomic E-state index is 0.108. The lowest BCUT2D eigenvalue weighted by atomic mass is 10.1. The van der Waals surface area contributed by atoms with Gasteiger partial charge in [0.1, 0.15) is 0 Å². The van der Waals surface area contributed by atoms with Gasteiger partial charge in [-0.05, 0) is 58.8 Å². The minimum Gasteiger partial charge on any atom is -0.325 e. The molecule has 128 valence electrons. The molecule has 0 bridgehead atoms. The first-order valence-corrected chi connectivity index (χ1v) is 9.49. The molecule has 0 spiro atoms. The van der Waals surface area contributed by atoms with E-state index in [-0.39, 0.29) is 11.7 Å². The number of nitrogens with zero attached hydrogens (tertiary/aromatic N) is 4. The van der Waals surface area contributed by atoms with Gasteiger partial charge in [-0.1, -0.05) is 46.7 Å². The molecule has 0 fully saturated rings. The number of aromatic nitrogens is 4. The van der Waals surface area contributed by atoms with Gasteiger partial charge in [-0.15, -0.1) is 5.10 Å². The van der Waals surface area contributed by atoms with Crippen molar-refractivity contribution in [1.29, 1.82) is 0 Å². The second kappa shape index (κ2) is 8.26. The van der Waals surface area contributed by atoms with Crippen LogP contribution in [0.1, 0.15) is 12.5 Å². The zero-order chi connectivity index (χ0) is 17.6. The quantitative estimate of drug-likeness (QED) is 0.618. The van der Waals surface area contributed by atoms with Crippen molar-refractivity contribution in [3.8, 4) is 5.69 Å².